The van der Waals surface area contributed by atoms with Gasteiger partial charge in [-0.05, 0) is 23.9 Å². The number of thiophene rings is 1. The molecule has 2 aliphatic heterocycles. The maximum Gasteiger partial charge on any atom is 0.352 e. The molecule has 2 aromatic rings. The smallest absolute Gasteiger partial charge is 0.352 e. The van der Waals surface area contributed by atoms with Crippen molar-refractivity contribution >= 4 is 64.0 Å². The number of carbonyl (C=O) groups excluding carboxylic acids is 2. The molecule has 0 radical (unpaired) electrons. The Bertz CT molecular complexity index is 1020. The van der Waals surface area contributed by atoms with E-state index in [2.05, 4.69) is 15.5 Å². The fraction of sp³-hybridized carbons (Fsp3) is 0.353. The summed E-state index contributed by atoms with van der Waals surface area (Å²) in [6.07, 6.45) is 0. The molecule has 0 aliphatic carbocycles. The molecule has 4 N–H and O–H groups in total. The number of β-lactam (4-membered cyclic amide) rings is 1. The van der Waals surface area contributed by atoms with Crippen LogP contribution in [0.3, 0.4) is 0 Å². The summed E-state index contributed by atoms with van der Waals surface area (Å²) in [6, 6.07) is 1.90. The average molecular weight is 484 g/mol. The molecule has 2 aromatic heterocycles. The lowest BCUT2D eigenvalue weighted by atomic mass is 10.0. The number of hydrogen-bond donors (Lipinski definition) is 3. The van der Waals surface area contributed by atoms with Crippen molar-refractivity contribution < 1.29 is 19.5 Å². The molecule has 13 heteroatoms. The van der Waals surface area contributed by atoms with Crippen LogP contribution in [0.1, 0.15) is 15.9 Å². The minimum Gasteiger partial charge on any atom is -0.477 e. The molecule has 2 amide bonds. The predicted octanol–water partition coefficient (Wildman–Crippen LogP) is 1.44. The van der Waals surface area contributed by atoms with E-state index in [0.29, 0.717) is 22.0 Å². The van der Waals surface area contributed by atoms with Gasteiger partial charge < -0.3 is 16.2 Å². The summed E-state index contributed by atoms with van der Waals surface area (Å²) < 4.78 is 0.750. The minimum atomic E-state index is -1.15. The van der Waals surface area contributed by atoms with Crippen LogP contribution in [0.15, 0.2) is 33.1 Å². The first kappa shape index (κ1) is 21.3. The van der Waals surface area contributed by atoms with E-state index >= 15 is 0 Å². The van der Waals surface area contributed by atoms with Crippen molar-refractivity contribution in [1.29, 1.82) is 0 Å². The Morgan fingerprint density at radius 2 is 2.27 bits per heavy atom. The van der Waals surface area contributed by atoms with Gasteiger partial charge in [0, 0.05) is 16.4 Å². The SMILES string of the molecule is Cc1nnc(SCC2=C(C(=O)O)N3C(=O)C(NC(=O)C(N)c4cccs4)[C@H]3SC2)s1. The first-order valence-electron chi connectivity index (χ1n) is 8.79. The van der Waals surface area contributed by atoms with Crippen LogP contribution >= 0.6 is 46.2 Å². The van der Waals surface area contributed by atoms with Crippen molar-refractivity contribution in [1.82, 2.24) is 20.4 Å². The molecular weight excluding hydrogens is 466 g/mol. The Morgan fingerprint density at radius 1 is 1.47 bits per heavy atom. The van der Waals surface area contributed by atoms with E-state index in [4.69, 9.17) is 5.73 Å². The second kappa shape index (κ2) is 8.67. The highest BCUT2D eigenvalue weighted by Crippen LogP contribution is 2.42. The summed E-state index contributed by atoms with van der Waals surface area (Å²) in [5, 5.41) is 22.6. The molecule has 0 aromatic carbocycles. The minimum absolute atomic E-state index is 0.00876. The standard InChI is InChI=1S/C17H17N5O4S4/c1-7-20-21-17(30-7)29-6-8-5-28-15-11(14(24)22(15)12(8)16(25)26)19-13(23)10(18)9-3-2-4-27-9/h2-4,10-11,15H,5-6,18H2,1H3,(H,19,23)(H,25,26)/t10?,11?,15-/m1/s1. The number of fused-ring (bicyclic) bond motifs is 1. The quantitative estimate of drug-likeness (QED) is 0.394. The summed E-state index contributed by atoms with van der Waals surface area (Å²) in [6.45, 7) is 1.85. The Balaban J connectivity index is 1.46. The third kappa shape index (κ3) is 3.99. The van der Waals surface area contributed by atoms with Crippen LogP contribution in [0.5, 0.6) is 0 Å². The number of nitrogens with one attached hydrogen (secondary N) is 1. The largest absolute Gasteiger partial charge is 0.477 e. The molecule has 0 spiro atoms. The van der Waals surface area contributed by atoms with Crippen LogP contribution in [-0.4, -0.2) is 60.9 Å². The van der Waals surface area contributed by atoms with Crippen molar-refractivity contribution in [2.75, 3.05) is 11.5 Å². The van der Waals surface area contributed by atoms with Crippen LogP contribution in [0.4, 0.5) is 0 Å². The zero-order valence-electron chi connectivity index (χ0n) is 15.6. The number of rotatable bonds is 7. The summed E-state index contributed by atoms with van der Waals surface area (Å²) in [7, 11) is 0. The Hall–Kier alpha value is -1.93. The molecule has 9 nitrogen and oxygen atoms in total. The molecule has 3 atom stereocenters. The normalized spacial score (nSPS) is 21.8. The lowest BCUT2D eigenvalue weighted by Gasteiger charge is -2.49. The maximum absolute atomic E-state index is 12.7. The van der Waals surface area contributed by atoms with Crippen LogP contribution in [0.25, 0.3) is 0 Å². The number of thioether (sulfide) groups is 2. The van der Waals surface area contributed by atoms with Gasteiger partial charge in [0.15, 0.2) is 4.34 Å². The number of carboxylic acids is 1. The number of hydrogen-bond acceptors (Lipinski definition) is 10. The van der Waals surface area contributed by atoms with Crippen LogP contribution in [0.2, 0.25) is 0 Å². The summed E-state index contributed by atoms with van der Waals surface area (Å²) in [5.74, 6) is -1.20. The van der Waals surface area contributed by atoms with E-state index < -0.39 is 35.2 Å². The zero-order chi connectivity index (χ0) is 21.4. The van der Waals surface area contributed by atoms with E-state index in [9.17, 15) is 19.5 Å². The van der Waals surface area contributed by atoms with Crippen molar-refractivity contribution in [3.05, 3.63) is 38.7 Å². The molecule has 2 unspecified atom stereocenters. The Labute approximate surface area is 188 Å². The molecule has 1 saturated heterocycles. The number of aliphatic carboxylic acids is 1. The van der Waals surface area contributed by atoms with Gasteiger partial charge in [-0.25, -0.2) is 4.79 Å². The highest BCUT2D eigenvalue weighted by Gasteiger charge is 2.54. The first-order chi connectivity index (χ1) is 14.4. The second-order valence-electron chi connectivity index (χ2n) is 6.52. The number of carboxylic acid groups (broad SMARTS) is 1. The van der Waals surface area contributed by atoms with Gasteiger partial charge >= 0.3 is 5.97 Å². The molecule has 158 valence electrons. The Morgan fingerprint density at radius 3 is 2.90 bits per heavy atom. The van der Waals surface area contributed by atoms with Gasteiger partial charge in [0.25, 0.3) is 5.91 Å². The van der Waals surface area contributed by atoms with E-state index in [0.717, 1.165) is 9.35 Å². The average Bonchev–Trinajstić information content (AvgIpc) is 3.40. The van der Waals surface area contributed by atoms with Gasteiger partial charge in [-0.15, -0.1) is 33.3 Å². The Kier molecular flexibility index (Phi) is 6.16. The summed E-state index contributed by atoms with van der Waals surface area (Å²) in [5.41, 5.74) is 6.61. The molecule has 0 saturated carbocycles. The van der Waals surface area contributed by atoms with E-state index in [-0.39, 0.29) is 5.70 Å². The molecular formula is C17H17N5O4S4. The molecule has 1 fully saturated rings. The first-order valence-corrected chi connectivity index (χ1v) is 12.5. The molecule has 4 heterocycles. The molecule has 4 rings (SSSR count). The van der Waals surface area contributed by atoms with Crippen molar-refractivity contribution in [3.63, 3.8) is 0 Å². The number of amides is 2. The van der Waals surface area contributed by atoms with Gasteiger partial charge in [0.05, 0.1) is 0 Å². The number of aryl methyl sites for hydroxylation is 1. The van der Waals surface area contributed by atoms with Gasteiger partial charge in [0.1, 0.15) is 28.2 Å². The molecule has 2 aliphatic rings. The van der Waals surface area contributed by atoms with Crippen LogP contribution in [0, 0.1) is 6.92 Å². The maximum atomic E-state index is 12.7. The van der Waals surface area contributed by atoms with Gasteiger partial charge in [-0.3, -0.25) is 14.5 Å². The predicted molar refractivity (Wildman–Crippen MR) is 116 cm³/mol. The number of nitrogens with two attached hydrogens (primary N) is 1. The van der Waals surface area contributed by atoms with E-state index in [1.54, 1.807) is 12.1 Å². The number of carbonyl (C=O) groups is 3. The van der Waals surface area contributed by atoms with Crippen molar-refractivity contribution in [3.8, 4) is 0 Å². The van der Waals surface area contributed by atoms with E-state index in [1.807, 2.05) is 12.3 Å². The highest BCUT2D eigenvalue weighted by atomic mass is 32.2. The molecule has 30 heavy (non-hydrogen) atoms. The zero-order valence-corrected chi connectivity index (χ0v) is 18.9. The number of nitrogens with zero attached hydrogens (tertiary/aromatic N) is 3. The van der Waals surface area contributed by atoms with Crippen molar-refractivity contribution in [2.24, 2.45) is 5.73 Å². The highest BCUT2D eigenvalue weighted by molar-refractivity contribution is 8.01. The van der Waals surface area contributed by atoms with Crippen LogP contribution < -0.4 is 11.1 Å². The van der Waals surface area contributed by atoms with Gasteiger partial charge in [-0.2, -0.15) is 0 Å². The number of aromatic nitrogens is 2. The monoisotopic (exact) mass is 483 g/mol. The lowest BCUT2D eigenvalue weighted by Crippen LogP contribution is -2.71. The fourth-order valence-electron chi connectivity index (χ4n) is 3.12. The molecule has 0 bridgehead atoms. The third-order valence-corrected chi connectivity index (χ3v) is 8.91. The lowest BCUT2D eigenvalue weighted by molar-refractivity contribution is -0.150. The second-order valence-corrected chi connectivity index (χ2v) is 11.0. The fourth-order valence-corrected chi connectivity index (χ4v) is 7.15. The van der Waals surface area contributed by atoms with Crippen molar-refractivity contribution in [2.45, 2.75) is 28.7 Å². The summed E-state index contributed by atoms with van der Waals surface area (Å²) >= 11 is 5.63. The van der Waals surface area contributed by atoms with Crippen LogP contribution in [-0.2, 0) is 14.4 Å². The third-order valence-electron chi connectivity index (χ3n) is 4.56. The van der Waals surface area contributed by atoms with Gasteiger partial charge in [-0.1, -0.05) is 29.2 Å². The topological polar surface area (TPSA) is 139 Å². The summed E-state index contributed by atoms with van der Waals surface area (Å²) in [4.78, 5) is 39.0. The van der Waals surface area contributed by atoms with Gasteiger partial charge in [0.2, 0.25) is 5.91 Å². The van der Waals surface area contributed by atoms with E-state index in [1.165, 1.54) is 51.1 Å².